The number of aromatic carboxylic acids is 1. The highest BCUT2D eigenvalue weighted by Gasteiger charge is 2.20. The number of rotatable bonds is 2. The largest absolute Gasteiger partial charge is 0.478 e. The maximum atomic E-state index is 12.0. The highest BCUT2D eigenvalue weighted by molar-refractivity contribution is 5.91. The van der Waals surface area contributed by atoms with E-state index in [-0.39, 0.29) is 17.6 Å². The molecule has 4 N–H and O–H groups in total. The van der Waals surface area contributed by atoms with Crippen LogP contribution in [0.15, 0.2) is 24.3 Å². The second-order valence-electron chi connectivity index (χ2n) is 4.64. The van der Waals surface area contributed by atoms with Gasteiger partial charge in [-0.15, -0.1) is 0 Å². The van der Waals surface area contributed by atoms with Crippen LogP contribution in [-0.2, 0) is 0 Å². The van der Waals surface area contributed by atoms with E-state index in [0.717, 1.165) is 12.8 Å². The molecule has 1 aliphatic heterocycles. The Morgan fingerprint density at radius 1 is 1.21 bits per heavy atom. The average molecular weight is 263 g/mol. The summed E-state index contributed by atoms with van der Waals surface area (Å²) < 4.78 is 0. The van der Waals surface area contributed by atoms with Crippen molar-refractivity contribution in [1.82, 2.24) is 4.90 Å². The Morgan fingerprint density at radius 3 is 2.32 bits per heavy atom. The molecule has 1 heterocycles. The van der Waals surface area contributed by atoms with Crippen LogP contribution in [0, 0.1) is 0 Å². The third kappa shape index (κ3) is 3.45. The first-order chi connectivity index (χ1) is 9.06. The molecule has 1 aromatic rings. The van der Waals surface area contributed by atoms with Gasteiger partial charge in [-0.05, 0) is 37.1 Å². The summed E-state index contributed by atoms with van der Waals surface area (Å²) in [6.45, 7) is 1.31. The quantitative estimate of drug-likeness (QED) is 0.750. The Kier molecular flexibility index (Phi) is 4.01. The van der Waals surface area contributed by atoms with Gasteiger partial charge in [0, 0.05) is 24.8 Å². The van der Waals surface area contributed by atoms with Gasteiger partial charge in [0.25, 0.3) is 0 Å². The number of carbonyl (C=O) groups is 2. The van der Waals surface area contributed by atoms with Crippen LogP contribution in [0.25, 0.3) is 0 Å². The van der Waals surface area contributed by atoms with E-state index in [0.29, 0.717) is 18.8 Å². The summed E-state index contributed by atoms with van der Waals surface area (Å²) in [5.74, 6) is -0.983. The molecule has 1 aromatic carbocycles. The first kappa shape index (κ1) is 13.4. The summed E-state index contributed by atoms with van der Waals surface area (Å²) >= 11 is 0. The van der Waals surface area contributed by atoms with Gasteiger partial charge in [-0.2, -0.15) is 0 Å². The minimum atomic E-state index is -0.983. The predicted octanol–water partition coefficient (Wildman–Crippen LogP) is 1.34. The second-order valence-corrected chi connectivity index (χ2v) is 4.64. The van der Waals surface area contributed by atoms with Crippen molar-refractivity contribution in [1.29, 1.82) is 0 Å². The van der Waals surface area contributed by atoms with Crippen molar-refractivity contribution in [3.05, 3.63) is 29.8 Å². The number of urea groups is 1. The van der Waals surface area contributed by atoms with Crippen molar-refractivity contribution in [3.8, 4) is 0 Å². The number of amides is 2. The number of nitrogens with two attached hydrogens (primary N) is 1. The van der Waals surface area contributed by atoms with Gasteiger partial charge in [-0.3, -0.25) is 0 Å². The third-order valence-corrected chi connectivity index (χ3v) is 3.21. The highest BCUT2D eigenvalue weighted by atomic mass is 16.4. The average Bonchev–Trinajstić information content (AvgIpc) is 2.40. The fourth-order valence-electron chi connectivity index (χ4n) is 2.00. The fourth-order valence-corrected chi connectivity index (χ4v) is 2.00. The minimum Gasteiger partial charge on any atom is -0.478 e. The lowest BCUT2D eigenvalue weighted by atomic mass is 10.1. The molecule has 0 saturated carbocycles. The molecule has 0 spiro atoms. The summed E-state index contributed by atoms with van der Waals surface area (Å²) in [6.07, 6.45) is 1.62. The van der Waals surface area contributed by atoms with Crippen molar-refractivity contribution in [3.63, 3.8) is 0 Å². The molecule has 1 aliphatic rings. The van der Waals surface area contributed by atoms with E-state index in [2.05, 4.69) is 5.32 Å². The monoisotopic (exact) mass is 263 g/mol. The lowest BCUT2D eigenvalue weighted by Crippen LogP contribution is -2.44. The Balaban J connectivity index is 1.93. The smallest absolute Gasteiger partial charge is 0.335 e. The Bertz CT molecular complexity index is 465. The van der Waals surface area contributed by atoms with Crippen LogP contribution in [0.4, 0.5) is 10.5 Å². The molecular formula is C13H17N3O3. The number of carboxylic acid groups (broad SMARTS) is 1. The number of benzene rings is 1. The van der Waals surface area contributed by atoms with E-state index >= 15 is 0 Å². The maximum absolute atomic E-state index is 12.0. The first-order valence-corrected chi connectivity index (χ1v) is 6.21. The molecule has 0 atom stereocenters. The zero-order valence-electron chi connectivity index (χ0n) is 10.5. The summed E-state index contributed by atoms with van der Waals surface area (Å²) in [6, 6.07) is 6.09. The molecule has 1 saturated heterocycles. The first-order valence-electron chi connectivity index (χ1n) is 6.21. The zero-order chi connectivity index (χ0) is 13.8. The maximum Gasteiger partial charge on any atom is 0.335 e. The number of nitrogens with zero attached hydrogens (tertiary/aromatic N) is 1. The summed E-state index contributed by atoms with van der Waals surface area (Å²) in [5.41, 5.74) is 6.56. The molecule has 0 unspecified atom stereocenters. The predicted molar refractivity (Wildman–Crippen MR) is 71.2 cm³/mol. The molecule has 0 aliphatic carbocycles. The van der Waals surface area contributed by atoms with E-state index in [1.54, 1.807) is 17.0 Å². The van der Waals surface area contributed by atoms with Crippen LogP contribution in [0.5, 0.6) is 0 Å². The lowest BCUT2D eigenvalue weighted by Gasteiger charge is -2.30. The third-order valence-electron chi connectivity index (χ3n) is 3.21. The molecule has 6 nitrogen and oxygen atoms in total. The van der Waals surface area contributed by atoms with Gasteiger partial charge in [0.15, 0.2) is 0 Å². The van der Waals surface area contributed by atoms with Crippen molar-refractivity contribution >= 4 is 17.7 Å². The second kappa shape index (κ2) is 5.71. The van der Waals surface area contributed by atoms with E-state index in [9.17, 15) is 9.59 Å². The van der Waals surface area contributed by atoms with Gasteiger partial charge in [0.05, 0.1) is 5.56 Å². The number of piperidine rings is 1. The van der Waals surface area contributed by atoms with Gasteiger partial charge >= 0.3 is 12.0 Å². The Labute approximate surface area is 111 Å². The number of anilines is 1. The van der Waals surface area contributed by atoms with Crippen LogP contribution in [-0.4, -0.2) is 41.1 Å². The van der Waals surface area contributed by atoms with Crippen molar-refractivity contribution < 1.29 is 14.7 Å². The molecule has 0 radical (unpaired) electrons. The van der Waals surface area contributed by atoms with Gasteiger partial charge < -0.3 is 21.1 Å². The standard InChI is InChI=1S/C13H17N3O3/c14-10-5-7-16(8-6-10)13(19)15-11-3-1-9(2-4-11)12(17)18/h1-4,10H,5-8,14H2,(H,15,19)(H,17,18). The Hall–Kier alpha value is -2.08. The molecule has 1 fully saturated rings. The van der Waals surface area contributed by atoms with Gasteiger partial charge in [0.1, 0.15) is 0 Å². The lowest BCUT2D eigenvalue weighted by molar-refractivity contribution is 0.0697. The fraction of sp³-hybridized carbons (Fsp3) is 0.385. The summed E-state index contributed by atoms with van der Waals surface area (Å²) in [5, 5.41) is 11.5. The van der Waals surface area contributed by atoms with Gasteiger partial charge in [-0.1, -0.05) is 0 Å². The normalized spacial score (nSPS) is 16.2. The summed E-state index contributed by atoms with van der Waals surface area (Å²) in [4.78, 5) is 24.4. The number of carbonyl (C=O) groups excluding carboxylic acids is 1. The Morgan fingerprint density at radius 2 is 1.79 bits per heavy atom. The molecule has 102 valence electrons. The molecule has 6 heteroatoms. The van der Waals surface area contributed by atoms with Crippen molar-refractivity contribution in [2.45, 2.75) is 18.9 Å². The van der Waals surface area contributed by atoms with Crippen LogP contribution in [0.1, 0.15) is 23.2 Å². The summed E-state index contributed by atoms with van der Waals surface area (Å²) in [7, 11) is 0. The van der Waals surface area contributed by atoms with Crippen LogP contribution >= 0.6 is 0 Å². The highest BCUT2D eigenvalue weighted by Crippen LogP contribution is 2.13. The van der Waals surface area contributed by atoms with Crippen LogP contribution in [0.3, 0.4) is 0 Å². The minimum absolute atomic E-state index is 0.171. The number of hydrogen-bond donors (Lipinski definition) is 3. The molecule has 0 bridgehead atoms. The van der Waals surface area contributed by atoms with E-state index in [1.807, 2.05) is 0 Å². The number of nitrogens with one attached hydrogen (secondary N) is 1. The number of hydrogen-bond acceptors (Lipinski definition) is 3. The SMILES string of the molecule is NC1CCN(C(=O)Nc2ccc(C(=O)O)cc2)CC1. The van der Waals surface area contributed by atoms with Crippen LogP contribution in [0.2, 0.25) is 0 Å². The van der Waals surface area contributed by atoms with Crippen molar-refractivity contribution in [2.24, 2.45) is 5.73 Å². The van der Waals surface area contributed by atoms with Crippen molar-refractivity contribution in [2.75, 3.05) is 18.4 Å². The molecule has 2 rings (SSSR count). The number of carboxylic acids is 1. The number of likely N-dealkylation sites (tertiary alicyclic amines) is 1. The van der Waals surface area contributed by atoms with E-state index in [4.69, 9.17) is 10.8 Å². The molecule has 19 heavy (non-hydrogen) atoms. The zero-order valence-corrected chi connectivity index (χ0v) is 10.5. The topological polar surface area (TPSA) is 95.7 Å². The van der Waals surface area contributed by atoms with E-state index < -0.39 is 5.97 Å². The molecule has 2 amide bonds. The van der Waals surface area contributed by atoms with Crippen LogP contribution < -0.4 is 11.1 Å². The van der Waals surface area contributed by atoms with E-state index in [1.165, 1.54) is 12.1 Å². The molecule has 0 aromatic heterocycles. The molecular weight excluding hydrogens is 246 g/mol. The van der Waals surface area contributed by atoms with Gasteiger partial charge in [0.2, 0.25) is 0 Å². The van der Waals surface area contributed by atoms with Gasteiger partial charge in [-0.25, -0.2) is 9.59 Å².